The molecule has 0 saturated carbocycles. The maximum absolute atomic E-state index is 12.7. The van der Waals surface area contributed by atoms with Crippen LogP contribution in [0.25, 0.3) is 17.4 Å². The van der Waals surface area contributed by atoms with E-state index in [0.717, 1.165) is 10.6 Å². The van der Waals surface area contributed by atoms with Crippen molar-refractivity contribution in [2.45, 2.75) is 6.92 Å². The summed E-state index contributed by atoms with van der Waals surface area (Å²) >= 11 is 6.12. The fraction of sp³-hybridized carbons (Fsp3) is 0.0455. The number of rotatable bonds is 4. The molecule has 0 radical (unpaired) electrons. The molecule has 2 heterocycles. The summed E-state index contributed by atoms with van der Waals surface area (Å²) in [6.07, 6.45) is 1.36. The number of carboxylic acid groups (broad SMARTS) is 1. The predicted molar refractivity (Wildman–Crippen MR) is 111 cm³/mol. The number of anilines is 1. The first kappa shape index (κ1) is 19.5. The Bertz CT molecular complexity index is 1210. The number of benzene rings is 2. The van der Waals surface area contributed by atoms with Gasteiger partial charge in [-0.2, -0.15) is 0 Å². The number of amides is 2. The molecule has 1 aromatic heterocycles. The van der Waals surface area contributed by atoms with Crippen molar-refractivity contribution in [2.75, 3.05) is 5.01 Å². The van der Waals surface area contributed by atoms with Crippen LogP contribution in [0.15, 0.2) is 64.6 Å². The summed E-state index contributed by atoms with van der Waals surface area (Å²) in [4.78, 5) is 36.0. The lowest BCUT2D eigenvalue weighted by Crippen LogP contribution is -2.35. The lowest BCUT2D eigenvalue weighted by atomic mass is 10.1. The van der Waals surface area contributed by atoms with Gasteiger partial charge in [-0.05, 0) is 55.0 Å². The van der Waals surface area contributed by atoms with Gasteiger partial charge in [-0.15, -0.1) is 0 Å². The molecule has 3 aromatic rings. The van der Waals surface area contributed by atoms with Gasteiger partial charge in [-0.1, -0.05) is 29.8 Å². The maximum atomic E-state index is 12.7. The molecule has 1 fully saturated rings. The number of aryl methyl sites for hydroxylation is 1. The molecule has 150 valence electrons. The van der Waals surface area contributed by atoms with Crippen LogP contribution in [0.3, 0.4) is 0 Å². The van der Waals surface area contributed by atoms with Gasteiger partial charge < -0.3 is 9.52 Å². The highest BCUT2D eigenvalue weighted by atomic mass is 35.5. The second-order valence-corrected chi connectivity index (χ2v) is 7.06. The van der Waals surface area contributed by atoms with Gasteiger partial charge in [-0.3, -0.25) is 15.0 Å². The minimum Gasteiger partial charge on any atom is -0.478 e. The van der Waals surface area contributed by atoms with Crippen LogP contribution in [-0.2, 0) is 9.59 Å². The number of hydrogen-bond acceptors (Lipinski definition) is 4. The van der Waals surface area contributed by atoms with E-state index < -0.39 is 17.8 Å². The van der Waals surface area contributed by atoms with Crippen molar-refractivity contribution in [3.8, 4) is 11.3 Å². The van der Waals surface area contributed by atoms with Crippen LogP contribution in [-0.4, -0.2) is 22.9 Å². The van der Waals surface area contributed by atoms with Crippen LogP contribution in [0.2, 0.25) is 5.02 Å². The van der Waals surface area contributed by atoms with Gasteiger partial charge in [0.15, 0.2) is 0 Å². The van der Waals surface area contributed by atoms with E-state index in [-0.39, 0.29) is 11.1 Å². The first-order valence-corrected chi connectivity index (χ1v) is 9.28. The third kappa shape index (κ3) is 3.58. The second-order valence-electron chi connectivity index (χ2n) is 6.66. The Labute approximate surface area is 176 Å². The van der Waals surface area contributed by atoms with Crippen LogP contribution < -0.4 is 10.4 Å². The fourth-order valence-electron chi connectivity index (χ4n) is 2.96. The molecule has 0 aliphatic carbocycles. The van der Waals surface area contributed by atoms with E-state index in [1.54, 1.807) is 42.5 Å². The molecule has 30 heavy (non-hydrogen) atoms. The molecular formula is C22H15ClN2O5. The summed E-state index contributed by atoms with van der Waals surface area (Å²) in [5.74, 6) is -1.30. The van der Waals surface area contributed by atoms with E-state index in [9.17, 15) is 14.4 Å². The van der Waals surface area contributed by atoms with Crippen molar-refractivity contribution < 1.29 is 23.9 Å². The molecule has 0 unspecified atom stereocenters. The minimum atomic E-state index is -1.02. The normalized spacial score (nSPS) is 15.0. The molecule has 4 rings (SSSR count). The molecule has 1 saturated heterocycles. The molecule has 8 heteroatoms. The summed E-state index contributed by atoms with van der Waals surface area (Å²) < 4.78 is 5.71. The highest BCUT2D eigenvalue weighted by Gasteiger charge is 2.35. The maximum Gasteiger partial charge on any atom is 0.335 e. The van der Waals surface area contributed by atoms with Crippen LogP contribution in [0.5, 0.6) is 0 Å². The molecule has 2 N–H and O–H groups in total. The molecule has 1 aliphatic rings. The fourth-order valence-corrected chi connectivity index (χ4v) is 3.14. The Morgan fingerprint density at radius 2 is 1.83 bits per heavy atom. The quantitative estimate of drug-likeness (QED) is 0.487. The molecule has 0 spiro atoms. The van der Waals surface area contributed by atoms with E-state index in [4.69, 9.17) is 21.1 Å². The number of carbonyl (C=O) groups excluding carboxylic acids is 2. The smallest absolute Gasteiger partial charge is 0.335 e. The highest BCUT2D eigenvalue weighted by Crippen LogP contribution is 2.28. The molecule has 1 aliphatic heterocycles. The van der Waals surface area contributed by atoms with Crippen molar-refractivity contribution >= 4 is 41.1 Å². The van der Waals surface area contributed by atoms with Gasteiger partial charge in [0.05, 0.1) is 11.3 Å². The number of carbonyl (C=O) groups is 3. The number of nitrogens with zero attached hydrogens (tertiary/aromatic N) is 1. The molecule has 0 bridgehead atoms. The molecule has 7 nitrogen and oxygen atoms in total. The zero-order valence-corrected chi connectivity index (χ0v) is 16.4. The van der Waals surface area contributed by atoms with Crippen LogP contribution in [0, 0.1) is 6.92 Å². The van der Waals surface area contributed by atoms with Gasteiger partial charge >= 0.3 is 5.97 Å². The number of carboxylic acids is 1. The van der Waals surface area contributed by atoms with Gasteiger partial charge in [0, 0.05) is 10.6 Å². The number of aromatic carboxylic acids is 1. The number of halogens is 1. The van der Waals surface area contributed by atoms with Crippen molar-refractivity contribution in [1.82, 2.24) is 5.43 Å². The molecule has 2 aromatic carbocycles. The van der Waals surface area contributed by atoms with Crippen molar-refractivity contribution in [3.63, 3.8) is 0 Å². The first-order valence-electron chi connectivity index (χ1n) is 8.90. The van der Waals surface area contributed by atoms with Gasteiger partial charge in [0.2, 0.25) is 0 Å². The summed E-state index contributed by atoms with van der Waals surface area (Å²) in [5, 5.41) is 10.6. The third-order valence-corrected chi connectivity index (χ3v) is 5.04. The van der Waals surface area contributed by atoms with E-state index in [1.807, 2.05) is 6.92 Å². The number of hydrogen-bond donors (Lipinski definition) is 2. The average Bonchev–Trinajstić information content (AvgIpc) is 3.30. The Hall–Kier alpha value is -3.84. The van der Waals surface area contributed by atoms with Gasteiger partial charge in [0.1, 0.15) is 17.1 Å². The number of nitrogens with one attached hydrogen (secondary N) is 1. The van der Waals surface area contributed by atoms with Gasteiger partial charge in [-0.25, -0.2) is 9.80 Å². The van der Waals surface area contributed by atoms with E-state index in [2.05, 4.69) is 5.43 Å². The van der Waals surface area contributed by atoms with Crippen molar-refractivity contribution in [2.24, 2.45) is 0 Å². The van der Waals surface area contributed by atoms with Crippen molar-refractivity contribution in [1.29, 1.82) is 0 Å². The SMILES string of the molecule is Cc1ccc(N2NC(=O)/C(=C/c3ccc(-c4ccc(C(=O)O)cc4)o3)C2=O)cc1Cl. The predicted octanol–water partition coefficient (Wildman–Crippen LogP) is 4.07. The lowest BCUT2D eigenvalue weighted by Gasteiger charge is -2.15. The second kappa shape index (κ2) is 7.53. The summed E-state index contributed by atoms with van der Waals surface area (Å²) in [7, 11) is 0. The minimum absolute atomic E-state index is 0.0752. The summed E-state index contributed by atoms with van der Waals surface area (Å²) in [5.41, 5.74) is 4.58. The Kier molecular flexibility index (Phi) is 4.89. The van der Waals surface area contributed by atoms with Crippen molar-refractivity contribution in [3.05, 3.63) is 82.1 Å². The Balaban J connectivity index is 1.59. The van der Waals surface area contributed by atoms with E-state index in [1.165, 1.54) is 18.2 Å². The third-order valence-electron chi connectivity index (χ3n) is 4.63. The standard InChI is InChI=1S/C22H15ClN2O5/c1-12-2-7-15(10-18(12)23)25-21(27)17(20(26)24-25)11-16-8-9-19(30-16)13-3-5-14(6-4-13)22(28)29/h2-11H,1H3,(H,24,26)(H,28,29)/b17-11-. The topological polar surface area (TPSA) is 99.8 Å². The summed E-state index contributed by atoms with van der Waals surface area (Å²) in [6, 6.07) is 14.5. The van der Waals surface area contributed by atoms with Gasteiger partial charge in [0.25, 0.3) is 11.8 Å². The lowest BCUT2D eigenvalue weighted by molar-refractivity contribution is -0.117. The number of furan rings is 1. The molecular weight excluding hydrogens is 408 g/mol. The number of hydrazine groups is 1. The van der Waals surface area contributed by atoms with Crippen LogP contribution in [0.1, 0.15) is 21.7 Å². The molecule has 0 atom stereocenters. The van der Waals surface area contributed by atoms with Crippen LogP contribution in [0.4, 0.5) is 5.69 Å². The van der Waals surface area contributed by atoms with E-state index >= 15 is 0 Å². The largest absolute Gasteiger partial charge is 0.478 e. The summed E-state index contributed by atoms with van der Waals surface area (Å²) in [6.45, 7) is 1.84. The Morgan fingerprint density at radius 1 is 1.10 bits per heavy atom. The zero-order valence-electron chi connectivity index (χ0n) is 15.7. The average molecular weight is 423 g/mol. The van der Waals surface area contributed by atoms with E-state index in [0.29, 0.717) is 27.8 Å². The molecule has 2 amide bonds. The highest BCUT2D eigenvalue weighted by molar-refractivity contribution is 6.33. The van der Waals surface area contributed by atoms with Crippen LogP contribution >= 0.6 is 11.6 Å². The first-order chi connectivity index (χ1) is 14.3. The Morgan fingerprint density at radius 3 is 2.50 bits per heavy atom. The zero-order chi connectivity index (χ0) is 21.4. The monoisotopic (exact) mass is 422 g/mol.